The van der Waals surface area contributed by atoms with E-state index in [2.05, 4.69) is 20.8 Å². The summed E-state index contributed by atoms with van der Waals surface area (Å²) in [5.74, 6) is -0.779. The van der Waals surface area contributed by atoms with E-state index in [0.717, 1.165) is 31.2 Å². The Morgan fingerprint density at radius 2 is 1.10 bits per heavy atom. The van der Waals surface area contributed by atoms with E-state index in [9.17, 15) is 8.78 Å². The van der Waals surface area contributed by atoms with Crippen LogP contribution in [-0.4, -0.2) is 0 Å². The molecule has 0 aromatic heterocycles. The number of hydrogen-bond donors (Lipinski definition) is 0. The zero-order chi connectivity index (χ0) is 15.6. The van der Waals surface area contributed by atoms with E-state index in [1.54, 1.807) is 12.1 Å². The highest BCUT2D eigenvalue weighted by Gasteiger charge is 2.32. The molecule has 0 aliphatic heterocycles. The minimum atomic E-state index is -0.429. The third kappa shape index (κ3) is 2.89. The van der Waals surface area contributed by atoms with Crippen molar-refractivity contribution in [3.8, 4) is 0 Å². The number of hydrogen-bond acceptors (Lipinski definition) is 0. The first-order valence-corrected chi connectivity index (χ1v) is 7.78. The minimum Gasteiger partial charge on any atom is -0.207 e. The summed E-state index contributed by atoms with van der Waals surface area (Å²) in [6.45, 7) is 12.1. The van der Waals surface area contributed by atoms with Gasteiger partial charge in [0.1, 0.15) is 11.6 Å². The molecule has 0 N–H and O–H groups in total. The largest absolute Gasteiger partial charge is 0.207 e. The third-order valence-corrected chi connectivity index (χ3v) is 5.46. The Balaban J connectivity index is 3.43. The van der Waals surface area contributed by atoms with Gasteiger partial charge in [0, 0.05) is 5.56 Å². The van der Waals surface area contributed by atoms with E-state index in [1.165, 1.54) is 0 Å². The van der Waals surface area contributed by atoms with Crippen LogP contribution in [0.5, 0.6) is 0 Å². The second-order valence-electron chi connectivity index (χ2n) is 6.35. The lowest BCUT2D eigenvalue weighted by Gasteiger charge is -2.31. The van der Waals surface area contributed by atoms with E-state index >= 15 is 0 Å². The van der Waals surface area contributed by atoms with Gasteiger partial charge in [-0.1, -0.05) is 41.5 Å². The van der Waals surface area contributed by atoms with E-state index in [4.69, 9.17) is 0 Å². The Morgan fingerprint density at radius 3 is 1.40 bits per heavy atom. The lowest BCUT2D eigenvalue weighted by molar-refractivity contribution is 0.383. The quantitative estimate of drug-likeness (QED) is 0.589. The molecule has 0 spiro atoms. The number of rotatable bonds is 6. The van der Waals surface area contributed by atoms with Crippen molar-refractivity contribution in [1.82, 2.24) is 0 Å². The van der Waals surface area contributed by atoms with Gasteiger partial charge in [0.05, 0.1) is 0 Å². The summed E-state index contributed by atoms with van der Waals surface area (Å²) < 4.78 is 29.1. The molecule has 0 unspecified atom stereocenters. The summed E-state index contributed by atoms with van der Waals surface area (Å²) in [5, 5.41) is 0. The summed E-state index contributed by atoms with van der Waals surface area (Å²) in [7, 11) is 0. The van der Waals surface area contributed by atoms with Crippen LogP contribution >= 0.6 is 0 Å². The zero-order valence-electron chi connectivity index (χ0n) is 13.7. The van der Waals surface area contributed by atoms with Crippen LogP contribution in [0, 0.1) is 11.6 Å². The van der Waals surface area contributed by atoms with Crippen molar-refractivity contribution in [3.63, 3.8) is 0 Å². The maximum atomic E-state index is 14.5. The molecule has 0 saturated heterocycles. The standard InChI is InChI=1S/C18H28F2/c1-7-17(5,8-2)13-11-14(19)16(15(20)12-13)18(6,9-3)10-4/h11-12H,7-10H2,1-6H3. The molecule has 1 aromatic rings. The van der Waals surface area contributed by atoms with Gasteiger partial charge in [-0.3, -0.25) is 0 Å². The van der Waals surface area contributed by atoms with Gasteiger partial charge < -0.3 is 0 Å². The molecule has 0 atom stereocenters. The average Bonchev–Trinajstić information content (AvgIpc) is 2.45. The maximum Gasteiger partial charge on any atom is 0.130 e. The minimum absolute atomic E-state index is 0.158. The second-order valence-corrected chi connectivity index (χ2v) is 6.35. The van der Waals surface area contributed by atoms with Gasteiger partial charge in [0.25, 0.3) is 0 Å². The van der Waals surface area contributed by atoms with Crippen molar-refractivity contribution >= 4 is 0 Å². The predicted octanol–water partition coefficient (Wildman–Crippen LogP) is 6.12. The van der Waals surface area contributed by atoms with Gasteiger partial charge in [-0.25, -0.2) is 8.78 Å². The monoisotopic (exact) mass is 282 g/mol. The highest BCUT2D eigenvalue weighted by atomic mass is 19.1. The first-order valence-electron chi connectivity index (χ1n) is 7.78. The second kappa shape index (κ2) is 6.24. The molecule has 114 valence electrons. The first-order chi connectivity index (χ1) is 9.27. The third-order valence-electron chi connectivity index (χ3n) is 5.46. The molecule has 0 heterocycles. The van der Waals surface area contributed by atoms with Crippen LogP contribution in [0.3, 0.4) is 0 Å². The first kappa shape index (κ1) is 17.1. The SMILES string of the molecule is CCC(C)(CC)c1cc(F)c(C(C)(CC)CC)c(F)c1. The van der Waals surface area contributed by atoms with Crippen LogP contribution in [0.2, 0.25) is 0 Å². The Morgan fingerprint density at radius 1 is 0.750 bits per heavy atom. The topological polar surface area (TPSA) is 0 Å². The van der Waals surface area contributed by atoms with Gasteiger partial charge in [-0.15, -0.1) is 0 Å². The average molecular weight is 282 g/mol. The maximum absolute atomic E-state index is 14.5. The molecule has 0 aliphatic carbocycles. The van der Waals surface area contributed by atoms with E-state index in [1.807, 2.05) is 20.8 Å². The summed E-state index contributed by atoms with van der Waals surface area (Å²) in [6.07, 6.45) is 3.21. The molecule has 0 radical (unpaired) electrons. The smallest absolute Gasteiger partial charge is 0.130 e. The molecular weight excluding hydrogens is 254 g/mol. The summed E-state index contributed by atoms with van der Waals surface area (Å²) >= 11 is 0. The van der Waals surface area contributed by atoms with Crippen molar-refractivity contribution in [2.24, 2.45) is 0 Å². The lowest BCUT2D eigenvalue weighted by Crippen LogP contribution is -2.26. The van der Waals surface area contributed by atoms with E-state index in [-0.39, 0.29) is 22.6 Å². The molecule has 0 aliphatic rings. The summed E-state index contributed by atoms with van der Waals surface area (Å²) in [6, 6.07) is 3.10. The number of halogens is 2. The highest BCUT2D eigenvalue weighted by Crippen LogP contribution is 2.38. The summed E-state index contributed by atoms with van der Waals surface area (Å²) in [5.41, 5.74) is 0.438. The van der Waals surface area contributed by atoms with Crippen LogP contribution in [-0.2, 0) is 10.8 Å². The van der Waals surface area contributed by atoms with Gasteiger partial charge in [0.15, 0.2) is 0 Å². The molecular formula is C18H28F2. The molecule has 0 amide bonds. The predicted molar refractivity (Wildman–Crippen MR) is 82.2 cm³/mol. The molecule has 0 nitrogen and oxygen atoms in total. The fourth-order valence-electron chi connectivity index (χ4n) is 2.76. The fourth-order valence-corrected chi connectivity index (χ4v) is 2.76. The molecule has 20 heavy (non-hydrogen) atoms. The van der Waals surface area contributed by atoms with Gasteiger partial charge >= 0.3 is 0 Å². The normalized spacial score (nSPS) is 12.8. The Labute approximate surface area is 122 Å². The fraction of sp³-hybridized carbons (Fsp3) is 0.667. The van der Waals surface area contributed by atoms with Crippen LogP contribution in [0.15, 0.2) is 12.1 Å². The molecule has 1 rings (SSSR count). The zero-order valence-corrected chi connectivity index (χ0v) is 13.7. The van der Waals surface area contributed by atoms with Crippen LogP contribution in [0.25, 0.3) is 0 Å². The Kier molecular flexibility index (Phi) is 5.34. The van der Waals surface area contributed by atoms with Crippen molar-refractivity contribution in [2.45, 2.75) is 78.1 Å². The molecule has 0 saturated carbocycles. The van der Waals surface area contributed by atoms with Gasteiger partial charge in [-0.2, -0.15) is 0 Å². The van der Waals surface area contributed by atoms with Crippen molar-refractivity contribution in [2.75, 3.05) is 0 Å². The van der Waals surface area contributed by atoms with Crippen molar-refractivity contribution < 1.29 is 8.78 Å². The van der Waals surface area contributed by atoms with Crippen LogP contribution in [0.1, 0.15) is 78.4 Å². The van der Waals surface area contributed by atoms with Crippen molar-refractivity contribution in [1.29, 1.82) is 0 Å². The van der Waals surface area contributed by atoms with Crippen LogP contribution < -0.4 is 0 Å². The van der Waals surface area contributed by atoms with Crippen molar-refractivity contribution in [3.05, 3.63) is 34.9 Å². The molecule has 0 bridgehead atoms. The van der Waals surface area contributed by atoms with Gasteiger partial charge in [0.2, 0.25) is 0 Å². The Hall–Kier alpha value is -0.920. The lowest BCUT2D eigenvalue weighted by atomic mass is 9.73. The number of benzene rings is 1. The van der Waals surface area contributed by atoms with E-state index < -0.39 is 5.41 Å². The summed E-state index contributed by atoms with van der Waals surface area (Å²) in [4.78, 5) is 0. The molecule has 1 aromatic carbocycles. The highest BCUT2D eigenvalue weighted by molar-refractivity contribution is 5.35. The molecule has 2 heteroatoms. The van der Waals surface area contributed by atoms with Gasteiger partial charge in [-0.05, 0) is 54.2 Å². The van der Waals surface area contributed by atoms with Crippen LogP contribution in [0.4, 0.5) is 8.78 Å². The van der Waals surface area contributed by atoms with E-state index in [0.29, 0.717) is 0 Å². The Bertz CT molecular complexity index is 431. The molecule has 0 fully saturated rings.